The highest BCUT2D eigenvalue weighted by Crippen LogP contribution is 2.12. The van der Waals surface area contributed by atoms with E-state index in [9.17, 15) is 72.2 Å². The highest BCUT2D eigenvalue weighted by Gasteiger charge is 2.34. The van der Waals surface area contributed by atoms with Crippen LogP contribution in [0.4, 0.5) is 0 Å². The molecule has 118 heavy (non-hydrogen) atoms. The Morgan fingerprint density at radius 2 is 0.932 bits per heavy atom. The lowest BCUT2D eigenvalue weighted by atomic mass is 10.0. The molecule has 1 aromatic carbocycles. The molecular weight excluding hydrogens is 1620 g/mol. The van der Waals surface area contributed by atoms with Gasteiger partial charge in [0, 0.05) is 70.0 Å². The molecule has 1 fully saturated rings. The molecule has 668 valence electrons. The Balaban J connectivity index is 2.24. The molecule has 1 aromatic rings. The van der Waals surface area contributed by atoms with E-state index in [2.05, 4.69) is 105 Å². The zero-order chi connectivity index (χ0) is 86.6. The summed E-state index contributed by atoms with van der Waals surface area (Å²) in [6.45, 7) is 4.63. The van der Waals surface area contributed by atoms with Crippen molar-refractivity contribution in [3.8, 4) is 0 Å². The number of nitrogens with one attached hydrogen (secondary N) is 13. The molecule has 0 bridgehead atoms. The quantitative estimate of drug-likeness (QED) is 0.00947. The molecule has 1 aliphatic rings. The maximum atomic E-state index is 14.6. The maximum Gasteiger partial charge on any atom is 0.305 e. The summed E-state index contributed by atoms with van der Waals surface area (Å²) in [5.74, 6) is -13.2. The third-order valence-electron chi connectivity index (χ3n) is 15.7. The second-order valence-electron chi connectivity index (χ2n) is 25.3. The number of amides is 13. The molecule has 1 heterocycles. The van der Waals surface area contributed by atoms with Crippen LogP contribution in [0.25, 0.3) is 0 Å². The van der Waals surface area contributed by atoms with Gasteiger partial charge in [-0.3, -0.25) is 72.1 Å². The van der Waals surface area contributed by atoms with Crippen molar-refractivity contribution in [2.75, 3.05) is 214 Å². The summed E-state index contributed by atoms with van der Waals surface area (Å²) >= 11 is 9.41. The van der Waals surface area contributed by atoms with Gasteiger partial charge in [0.25, 0.3) is 5.91 Å². The van der Waals surface area contributed by atoms with Gasteiger partial charge < -0.3 is 144 Å². The molecule has 47 heteroatoms. The first-order valence-electron chi connectivity index (χ1n) is 38.4. The smallest absolute Gasteiger partial charge is 0.305 e. The third kappa shape index (κ3) is 55.0. The van der Waals surface area contributed by atoms with E-state index < -0.39 is 151 Å². The minimum absolute atomic E-state index is 0.00765. The number of nitrogens with two attached hydrogens (primary N) is 3. The van der Waals surface area contributed by atoms with Gasteiger partial charge in [0.15, 0.2) is 12.6 Å². The first-order chi connectivity index (χ1) is 57.0. The number of guanidine groups is 1. The second-order valence-corrected chi connectivity index (χ2v) is 27.1. The lowest BCUT2D eigenvalue weighted by Crippen LogP contribution is -2.60. The highest BCUT2D eigenvalue weighted by molar-refractivity contribution is 8.00. The van der Waals surface area contributed by atoms with Crippen molar-refractivity contribution in [2.45, 2.75) is 101 Å². The zero-order valence-corrected chi connectivity index (χ0v) is 69.2. The van der Waals surface area contributed by atoms with Gasteiger partial charge in [-0.1, -0.05) is 35.5 Å². The molecule has 0 saturated carbocycles. The average molecular weight is 1740 g/mol. The van der Waals surface area contributed by atoms with Crippen molar-refractivity contribution in [2.24, 2.45) is 27.3 Å². The number of hydrogen-bond acceptors (Lipinski definition) is 31. The van der Waals surface area contributed by atoms with Crippen molar-refractivity contribution in [3.63, 3.8) is 0 Å². The summed E-state index contributed by atoms with van der Waals surface area (Å²) < 4.78 is 54.3. The molecule has 1 saturated heterocycles. The predicted molar refractivity (Wildman–Crippen MR) is 435 cm³/mol. The fourth-order valence-corrected chi connectivity index (χ4v) is 11.3. The maximum absolute atomic E-state index is 14.6. The van der Waals surface area contributed by atoms with Crippen molar-refractivity contribution >= 4 is 132 Å². The van der Waals surface area contributed by atoms with Crippen LogP contribution in [0.15, 0.2) is 40.5 Å². The van der Waals surface area contributed by atoms with Gasteiger partial charge in [0.1, 0.15) is 62.1 Å². The van der Waals surface area contributed by atoms with E-state index in [1.807, 2.05) is 0 Å². The number of ether oxygens (including phenoxy) is 10. The standard InChI is InChI=1S/C71H120N18O26S3/c1-2-82-115-45-61(94)78-19-24-107-28-32-111-35-37-112-36-34-110-31-27-106-23-18-77-60(93)44-114-43-59(92)75-15-7-6-11-51-66(100)86-52(13-38-116)67(101)85-50(12-8-16-80-71(73)74)64(98)81-41-57(90)84-54(40-63(96)97)69(103)88-55(46-117)70(104)87-53(39-49-9-4-3-5-10-49)68(102)89-56(47-118-48-62(95)83-51)65(99)79-20-25-108-29-33-109-30-26-105-22-17-76-58(91)42-113-21-14-72/h2-5,9-10,50-56,116-117H,6-8,11-48,72H2,1H3,(H,75,92)(H,76,91)(H,77,93)(H,78,94)(H,79,99)(H,81,98)(H,83,95)(H,84,90)(H,85,101)(H,86,100)(H,87,104)(H,88,103)(H,89,102)(H,96,97)(H4,73,74,80)/b82-2+/t50-,51-,52-,53-,54-,55-,56?/m0/s1. The fraction of sp³-hybridized carbons (Fsp3) is 0.690. The normalized spacial score (nSPS) is 18.3. The van der Waals surface area contributed by atoms with Crippen LogP contribution in [-0.2, 0) is 126 Å². The minimum Gasteiger partial charge on any atom is -0.481 e. The summed E-state index contributed by atoms with van der Waals surface area (Å²) in [5, 5.41) is 46.6. The van der Waals surface area contributed by atoms with Crippen molar-refractivity contribution in [3.05, 3.63) is 35.9 Å². The van der Waals surface area contributed by atoms with Crippen molar-refractivity contribution in [1.82, 2.24) is 69.1 Å². The fourth-order valence-electron chi connectivity index (χ4n) is 9.90. The first-order valence-corrected chi connectivity index (χ1v) is 40.8. The number of carbonyl (C=O) groups is 14. The minimum atomic E-state index is -1.87. The topological polar surface area (TPSA) is 620 Å². The number of unbranched alkanes of at least 4 members (excludes halogenated alkanes) is 1. The van der Waals surface area contributed by atoms with E-state index in [0.717, 1.165) is 11.8 Å². The molecule has 13 amide bonds. The highest BCUT2D eigenvalue weighted by atomic mass is 32.2. The number of carbonyl (C=O) groups excluding carboxylic acids is 13. The second kappa shape index (κ2) is 69.0. The van der Waals surface area contributed by atoms with Gasteiger partial charge in [-0.05, 0) is 56.8 Å². The van der Waals surface area contributed by atoms with Crippen LogP contribution >= 0.6 is 37.0 Å². The van der Waals surface area contributed by atoms with Crippen LogP contribution in [0.2, 0.25) is 0 Å². The molecule has 0 aliphatic carbocycles. The van der Waals surface area contributed by atoms with E-state index in [0.29, 0.717) is 58.4 Å². The number of hydrogen-bond donors (Lipinski definition) is 19. The number of carboxylic acids is 1. The molecule has 0 aromatic heterocycles. The van der Waals surface area contributed by atoms with E-state index in [-0.39, 0.29) is 193 Å². The van der Waals surface area contributed by atoms with Crippen LogP contribution in [0, 0.1) is 0 Å². The molecule has 2 rings (SSSR count). The molecule has 1 unspecified atom stereocenters. The largest absolute Gasteiger partial charge is 0.481 e. The lowest BCUT2D eigenvalue weighted by molar-refractivity contribution is -0.141. The van der Waals surface area contributed by atoms with Crippen LogP contribution in [0.1, 0.15) is 57.4 Å². The Bertz CT molecular complexity index is 3180. The molecule has 1 aliphatic heterocycles. The van der Waals surface area contributed by atoms with Crippen LogP contribution in [-0.4, -0.2) is 356 Å². The van der Waals surface area contributed by atoms with Gasteiger partial charge in [0.05, 0.1) is 131 Å². The van der Waals surface area contributed by atoms with Gasteiger partial charge in [-0.15, -0.1) is 11.8 Å². The third-order valence-corrected chi connectivity index (χ3v) is 17.3. The number of thiol groups is 2. The van der Waals surface area contributed by atoms with Gasteiger partial charge in [-0.2, -0.15) is 25.3 Å². The van der Waals surface area contributed by atoms with E-state index in [4.69, 9.17) is 69.4 Å². The van der Waals surface area contributed by atoms with E-state index in [1.54, 1.807) is 37.3 Å². The molecule has 44 nitrogen and oxygen atoms in total. The lowest BCUT2D eigenvalue weighted by Gasteiger charge is -2.26. The SMILES string of the molecule is C/C=N/OCC(=O)NCCOCCOCCOCCOCCOCCNC(=O)COCC(=O)NCCCC[C@@H]1NC(=O)CSCC(C(=O)NCCOCCOCCOCCNC(=O)COCCN)NC(=O)[C@H](Cc2ccccc2)NC(=O)[C@H](CS)NC(=O)[C@H](CC(=O)O)NC(=O)CNC(=O)[C@H](CCCN=C(N)N)NC(=O)[C@H](CCS)NC1=O. The number of carboxylic acid groups (broad SMARTS) is 1. The molecule has 20 N–H and O–H groups in total. The Morgan fingerprint density at radius 1 is 0.492 bits per heavy atom. The van der Waals surface area contributed by atoms with Crippen LogP contribution < -0.4 is 86.3 Å². The number of nitrogens with zero attached hydrogens (tertiary/aromatic N) is 2. The summed E-state index contributed by atoms with van der Waals surface area (Å²) in [6, 6.07) is -2.32. The van der Waals surface area contributed by atoms with Gasteiger partial charge in [0.2, 0.25) is 70.9 Å². The number of rotatable bonds is 58. The number of aliphatic carboxylic acids is 1. The Hall–Kier alpha value is -8.85. The number of benzene rings is 1. The van der Waals surface area contributed by atoms with Crippen molar-refractivity contribution in [1.29, 1.82) is 0 Å². The van der Waals surface area contributed by atoms with Crippen LogP contribution in [0.3, 0.4) is 0 Å². The number of thioether (sulfide) groups is 1. The van der Waals surface area contributed by atoms with E-state index in [1.165, 1.54) is 6.21 Å². The van der Waals surface area contributed by atoms with Gasteiger partial charge >= 0.3 is 5.97 Å². The number of oxime groups is 1. The molecular formula is C71H120N18O26S3. The summed E-state index contributed by atoms with van der Waals surface area (Å²) in [7, 11) is 0. The summed E-state index contributed by atoms with van der Waals surface area (Å²) in [4.78, 5) is 196. The average Bonchev–Trinajstić information content (AvgIpc) is 0.869. The Morgan fingerprint density at radius 3 is 1.44 bits per heavy atom. The Labute approximate surface area is 700 Å². The zero-order valence-electron chi connectivity index (χ0n) is 66.6. The summed E-state index contributed by atoms with van der Waals surface area (Å²) in [6.07, 6.45) is 0.273. The molecule has 7 atom stereocenters. The monoisotopic (exact) mass is 1740 g/mol. The van der Waals surface area contributed by atoms with Crippen molar-refractivity contribution < 1.29 is 124 Å². The van der Waals surface area contributed by atoms with E-state index >= 15 is 0 Å². The Kier molecular flexibility index (Phi) is 61.5. The van der Waals surface area contributed by atoms with Gasteiger partial charge in [-0.25, -0.2) is 0 Å². The molecule has 0 spiro atoms. The predicted octanol–water partition coefficient (Wildman–Crippen LogP) is -7.84. The molecule has 0 radical (unpaired) electrons. The van der Waals surface area contributed by atoms with Crippen LogP contribution in [0.5, 0.6) is 0 Å². The summed E-state index contributed by atoms with van der Waals surface area (Å²) in [5.41, 5.74) is 16.9. The first kappa shape index (κ1) is 105. The number of aliphatic imine (C=N–C) groups is 1.